The lowest BCUT2D eigenvalue weighted by atomic mass is 9.90. The van der Waals surface area contributed by atoms with E-state index in [0.29, 0.717) is 12.3 Å². The molecule has 1 aliphatic heterocycles. The lowest BCUT2D eigenvalue weighted by Crippen LogP contribution is -2.42. The summed E-state index contributed by atoms with van der Waals surface area (Å²) in [5.41, 5.74) is 3.92. The number of carboxylic acid groups (broad SMARTS) is 1. The van der Waals surface area contributed by atoms with E-state index >= 15 is 0 Å². The van der Waals surface area contributed by atoms with Crippen molar-refractivity contribution in [3.05, 3.63) is 64.7 Å². The summed E-state index contributed by atoms with van der Waals surface area (Å²) < 4.78 is 5.60. The van der Waals surface area contributed by atoms with E-state index < -0.39 is 11.9 Å². The van der Waals surface area contributed by atoms with E-state index in [1.165, 1.54) is 0 Å². The first kappa shape index (κ1) is 17.0. The Morgan fingerprint density at radius 2 is 1.92 bits per heavy atom. The van der Waals surface area contributed by atoms with Crippen LogP contribution in [0, 0.1) is 13.8 Å². The topological polar surface area (TPSA) is 66.8 Å². The molecule has 25 heavy (non-hydrogen) atoms. The number of aliphatic carboxylic acids is 1. The molecule has 1 amide bonds. The molecule has 1 N–H and O–H groups in total. The average molecular weight is 339 g/mol. The van der Waals surface area contributed by atoms with Crippen LogP contribution in [0.5, 0.6) is 5.75 Å². The molecule has 0 saturated carbocycles. The standard InChI is InChI=1S/C20H21NO4/c1-13-7-8-16(9-14(13)2)25-12-19(22)21-10-15-5-3-4-6-17(15)18(11-21)20(23)24/h3-9,18H,10-12H2,1-2H3,(H,23,24). The maximum Gasteiger partial charge on any atom is 0.312 e. The molecule has 5 heteroatoms. The van der Waals surface area contributed by atoms with Crippen LogP contribution in [0.15, 0.2) is 42.5 Å². The molecule has 0 aromatic heterocycles. The van der Waals surface area contributed by atoms with Gasteiger partial charge < -0.3 is 14.7 Å². The van der Waals surface area contributed by atoms with Gasteiger partial charge in [-0.15, -0.1) is 0 Å². The van der Waals surface area contributed by atoms with Crippen molar-refractivity contribution in [2.24, 2.45) is 0 Å². The molecule has 0 fully saturated rings. The second kappa shape index (κ2) is 6.97. The summed E-state index contributed by atoms with van der Waals surface area (Å²) in [6, 6.07) is 13.1. The first-order valence-electron chi connectivity index (χ1n) is 8.24. The maximum atomic E-state index is 12.5. The predicted octanol–water partition coefficient (Wildman–Crippen LogP) is 2.89. The molecule has 1 unspecified atom stereocenters. The summed E-state index contributed by atoms with van der Waals surface area (Å²) in [5.74, 6) is -1.18. The molecule has 2 aromatic rings. The van der Waals surface area contributed by atoms with Crippen LogP contribution in [0.3, 0.4) is 0 Å². The summed E-state index contributed by atoms with van der Waals surface area (Å²) in [4.78, 5) is 25.6. The van der Waals surface area contributed by atoms with Crippen molar-refractivity contribution in [1.82, 2.24) is 4.90 Å². The normalized spacial score (nSPS) is 16.2. The van der Waals surface area contributed by atoms with Gasteiger partial charge in [0.25, 0.3) is 5.91 Å². The number of carbonyl (C=O) groups excluding carboxylic acids is 1. The van der Waals surface area contributed by atoms with Crippen LogP contribution in [0.1, 0.15) is 28.2 Å². The van der Waals surface area contributed by atoms with Crippen molar-refractivity contribution in [2.45, 2.75) is 26.3 Å². The Kier molecular flexibility index (Phi) is 4.74. The van der Waals surface area contributed by atoms with Crippen LogP contribution >= 0.6 is 0 Å². The van der Waals surface area contributed by atoms with Gasteiger partial charge in [-0.1, -0.05) is 30.3 Å². The van der Waals surface area contributed by atoms with Crippen molar-refractivity contribution in [3.63, 3.8) is 0 Å². The zero-order chi connectivity index (χ0) is 18.0. The van der Waals surface area contributed by atoms with Crippen molar-refractivity contribution in [2.75, 3.05) is 13.2 Å². The first-order chi connectivity index (χ1) is 12.0. The number of carboxylic acids is 1. The van der Waals surface area contributed by atoms with Gasteiger partial charge in [0.2, 0.25) is 0 Å². The number of amides is 1. The molecular weight excluding hydrogens is 318 g/mol. The van der Waals surface area contributed by atoms with Crippen LogP contribution in [0.2, 0.25) is 0 Å². The van der Waals surface area contributed by atoms with Gasteiger partial charge in [0.05, 0.1) is 5.92 Å². The fraction of sp³-hybridized carbons (Fsp3) is 0.300. The Labute approximate surface area is 146 Å². The summed E-state index contributed by atoms with van der Waals surface area (Å²) in [6.07, 6.45) is 0. The molecule has 2 aromatic carbocycles. The zero-order valence-corrected chi connectivity index (χ0v) is 14.4. The number of hydrogen-bond acceptors (Lipinski definition) is 3. The van der Waals surface area contributed by atoms with Gasteiger partial charge in [0.1, 0.15) is 5.75 Å². The second-order valence-electron chi connectivity index (χ2n) is 6.40. The fourth-order valence-electron chi connectivity index (χ4n) is 3.05. The Hall–Kier alpha value is -2.82. The molecule has 130 valence electrons. The third kappa shape index (κ3) is 3.65. The molecule has 5 nitrogen and oxygen atoms in total. The van der Waals surface area contributed by atoms with Crippen molar-refractivity contribution >= 4 is 11.9 Å². The first-order valence-corrected chi connectivity index (χ1v) is 8.24. The monoisotopic (exact) mass is 339 g/mol. The Balaban J connectivity index is 1.70. The number of rotatable bonds is 4. The van der Waals surface area contributed by atoms with Gasteiger partial charge in [-0.25, -0.2) is 0 Å². The number of fused-ring (bicyclic) bond motifs is 1. The number of hydrogen-bond donors (Lipinski definition) is 1. The molecule has 0 bridgehead atoms. The van der Waals surface area contributed by atoms with Crippen LogP contribution in [0.4, 0.5) is 0 Å². The van der Waals surface area contributed by atoms with Crippen LogP contribution in [0.25, 0.3) is 0 Å². The minimum Gasteiger partial charge on any atom is -0.484 e. The van der Waals surface area contributed by atoms with Gasteiger partial charge >= 0.3 is 5.97 Å². The predicted molar refractivity (Wildman–Crippen MR) is 93.6 cm³/mol. The van der Waals surface area contributed by atoms with Crippen LogP contribution in [-0.4, -0.2) is 35.0 Å². The molecule has 0 saturated heterocycles. The molecule has 0 spiro atoms. The van der Waals surface area contributed by atoms with E-state index in [0.717, 1.165) is 22.3 Å². The highest BCUT2D eigenvalue weighted by atomic mass is 16.5. The smallest absolute Gasteiger partial charge is 0.312 e. The van der Waals surface area contributed by atoms with Gasteiger partial charge in [-0.3, -0.25) is 9.59 Å². The lowest BCUT2D eigenvalue weighted by molar-refractivity contribution is -0.142. The fourth-order valence-corrected chi connectivity index (χ4v) is 3.05. The molecular formula is C20H21NO4. The average Bonchev–Trinajstić information content (AvgIpc) is 2.61. The van der Waals surface area contributed by atoms with E-state index in [1.807, 2.05) is 56.3 Å². The quantitative estimate of drug-likeness (QED) is 0.930. The SMILES string of the molecule is Cc1ccc(OCC(=O)N2Cc3ccccc3C(C(=O)O)C2)cc1C. The van der Waals surface area contributed by atoms with Crippen LogP contribution in [-0.2, 0) is 16.1 Å². The maximum absolute atomic E-state index is 12.5. The minimum atomic E-state index is -0.917. The number of ether oxygens (including phenoxy) is 1. The van der Waals surface area contributed by atoms with Crippen LogP contribution < -0.4 is 4.74 Å². The minimum absolute atomic E-state index is 0.100. The highest BCUT2D eigenvalue weighted by molar-refractivity contribution is 5.82. The lowest BCUT2D eigenvalue weighted by Gasteiger charge is -2.32. The number of aryl methyl sites for hydroxylation is 2. The van der Waals surface area contributed by atoms with Crippen molar-refractivity contribution < 1.29 is 19.4 Å². The molecule has 0 radical (unpaired) electrons. The van der Waals surface area contributed by atoms with Gasteiger partial charge in [0, 0.05) is 13.1 Å². The van der Waals surface area contributed by atoms with E-state index in [-0.39, 0.29) is 19.1 Å². The third-order valence-electron chi connectivity index (χ3n) is 4.69. The Morgan fingerprint density at radius 1 is 1.16 bits per heavy atom. The Morgan fingerprint density at radius 3 is 2.64 bits per heavy atom. The number of benzene rings is 2. The highest BCUT2D eigenvalue weighted by Crippen LogP contribution is 2.28. The molecule has 1 heterocycles. The van der Waals surface area contributed by atoms with Gasteiger partial charge in [0.15, 0.2) is 6.61 Å². The van der Waals surface area contributed by atoms with E-state index in [9.17, 15) is 14.7 Å². The van der Waals surface area contributed by atoms with Gasteiger partial charge in [-0.2, -0.15) is 0 Å². The summed E-state index contributed by atoms with van der Waals surface area (Å²) in [7, 11) is 0. The molecule has 0 aliphatic carbocycles. The van der Waals surface area contributed by atoms with Crippen molar-refractivity contribution in [3.8, 4) is 5.75 Å². The highest BCUT2D eigenvalue weighted by Gasteiger charge is 2.32. The number of nitrogens with zero attached hydrogens (tertiary/aromatic N) is 1. The van der Waals surface area contributed by atoms with E-state index in [4.69, 9.17) is 4.74 Å². The molecule has 3 rings (SSSR count). The van der Waals surface area contributed by atoms with E-state index in [2.05, 4.69) is 0 Å². The summed E-state index contributed by atoms with van der Waals surface area (Å²) in [5, 5.41) is 9.48. The second-order valence-corrected chi connectivity index (χ2v) is 6.40. The summed E-state index contributed by atoms with van der Waals surface area (Å²) in [6.45, 7) is 4.48. The molecule has 1 aliphatic rings. The summed E-state index contributed by atoms with van der Waals surface area (Å²) >= 11 is 0. The zero-order valence-electron chi connectivity index (χ0n) is 14.4. The third-order valence-corrected chi connectivity index (χ3v) is 4.69. The van der Waals surface area contributed by atoms with E-state index in [1.54, 1.807) is 4.90 Å². The Bertz CT molecular complexity index is 815. The largest absolute Gasteiger partial charge is 0.484 e. The molecule has 1 atom stereocenters. The van der Waals surface area contributed by atoms with Crippen molar-refractivity contribution in [1.29, 1.82) is 0 Å². The number of carbonyl (C=O) groups is 2. The van der Waals surface area contributed by atoms with Gasteiger partial charge in [-0.05, 0) is 48.2 Å².